The van der Waals surface area contributed by atoms with Gasteiger partial charge in [-0.2, -0.15) is 0 Å². The van der Waals surface area contributed by atoms with Crippen LogP contribution in [0.25, 0.3) is 0 Å². The molecule has 1 atom stereocenters. The van der Waals surface area contributed by atoms with Crippen molar-refractivity contribution in [2.45, 2.75) is 25.9 Å². The molecule has 0 aliphatic rings. The molecule has 1 amide bonds. The summed E-state index contributed by atoms with van der Waals surface area (Å²) in [5.74, 6) is -1.07. The van der Waals surface area contributed by atoms with Crippen molar-refractivity contribution in [1.82, 2.24) is 4.90 Å². The number of carboxylic acids is 1. The van der Waals surface area contributed by atoms with E-state index in [1.54, 1.807) is 48.5 Å². The number of amides is 1. The number of hydrogen-bond donors (Lipinski definition) is 1. The van der Waals surface area contributed by atoms with Crippen LogP contribution in [0.3, 0.4) is 0 Å². The quantitative estimate of drug-likeness (QED) is 0.535. The molecule has 0 spiro atoms. The van der Waals surface area contributed by atoms with Gasteiger partial charge < -0.3 is 10.0 Å². The Morgan fingerprint density at radius 2 is 1.48 bits per heavy atom. The highest BCUT2D eigenvalue weighted by Crippen LogP contribution is 2.28. The third-order valence-electron chi connectivity index (χ3n) is 4.85. The van der Waals surface area contributed by atoms with Gasteiger partial charge in [0.25, 0.3) is 5.91 Å². The van der Waals surface area contributed by atoms with E-state index in [2.05, 4.69) is 0 Å². The van der Waals surface area contributed by atoms with E-state index in [4.69, 9.17) is 16.7 Å². The van der Waals surface area contributed by atoms with Crippen molar-refractivity contribution in [3.8, 4) is 0 Å². The summed E-state index contributed by atoms with van der Waals surface area (Å²) in [7, 11) is 0. The molecule has 1 N–H and O–H groups in total. The van der Waals surface area contributed by atoms with Gasteiger partial charge in [0.05, 0.1) is 11.6 Å². The van der Waals surface area contributed by atoms with Gasteiger partial charge in [-0.15, -0.1) is 0 Å². The number of benzene rings is 3. The van der Waals surface area contributed by atoms with E-state index < -0.39 is 5.97 Å². The molecule has 0 aliphatic heterocycles. The monoisotopic (exact) mass is 407 g/mol. The molecule has 5 heteroatoms. The molecule has 0 fully saturated rings. The van der Waals surface area contributed by atoms with Gasteiger partial charge >= 0.3 is 5.97 Å². The molecule has 3 aromatic carbocycles. The Kier molecular flexibility index (Phi) is 6.68. The number of halogens is 1. The van der Waals surface area contributed by atoms with Crippen LogP contribution in [0.5, 0.6) is 0 Å². The number of carbonyl (C=O) groups is 2. The highest BCUT2D eigenvalue weighted by molar-refractivity contribution is 6.30. The number of nitrogens with zero attached hydrogens (tertiary/aromatic N) is 1. The van der Waals surface area contributed by atoms with E-state index >= 15 is 0 Å². The van der Waals surface area contributed by atoms with Gasteiger partial charge in [0, 0.05) is 17.1 Å². The van der Waals surface area contributed by atoms with Gasteiger partial charge in [-0.25, -0.2) is 4.79 Å². The van der Waals surface area contributed by atoms with Crippen LogP contribution in [0.4, 0.5) is 0 Å². The van der Waals surface area contributed by atoms with Crippen LogP contribution in [0.2, 0.25) is 5.02 Å². The normalized spacial score (nSPS) is 11.7. The fourth-order valence-electron chi connectivity index (χ4n) is 3.34. The molecular weight excluding hydrogens is 386 g/mol. The van der Waals surface area contributed by atoms with Crippen LogP contribution >= 0.6 is 11.6 Å². The van der Waals surface area contributed by atoms with Crippen molar-refractivity contribution >= 4 is 23.5 Å². The zero-order valence-electron chi connectivity index (χ0n) is 16.1. The molecule has 0 aliphatic carbocycles. The average molecular weight is 408 g/mol. The van der Waals surface area contributed by atoms with E-state index in [9.17, 15) is 9.59 Å². The van der Waals surface area contributed by atoms with Crippen molar-refractivity contribution in [2.24, 2.45) is 0 Å². The predicted octanol–water partition coefficient (Wildman–Crippen LogP) is 5.83. The Bertz CT molecular complexity index is 969. The Labute approximate surface area is 175 Å². The van der Waals surface area contributed by atoms with E-state index in [1.807, 2.05) is 42.2 Å². The van der Waals surface area contributed by atoms with Crippen LogP contribution in [0, 0.1) is 0 Å². The SMILES string of the molecule is CCC(c1ccccc1)N(Cc1ccc(C(=O)O)cc1)C(=O)c1ccc(Cl)cc1. The maximum atomic E-state index is 13.4. The lowest BCUT2D eigenvalue weighted by atomic mass is 10.00. The molecule has 4 nitrogen and oxygen atoms in total. The molecular formula is C24H22ClNO3. The van der Waals surface area contributed by atoms with E-state index in [1.165, 1.54) is 0 Å². The van der Waals surface area contributed by atoms with Crippen molar-refractivity contribution in [1.29, 1.82) is 0 Å². The third kappa shape index (κ3) is 5.04. The minimum atomic E-state index is -0.971. The van der Waals surface area contributed by atoms with Crippen LogP contribution in [0.15, 0.2) is 78.9 Å². The van der Waals surface area contributed by atoms with Crippen LogP contribution in [-0.2, 0) is 6.54 Å². The topological polar surface area (TPSA) is 57.6 Å². The molecule has 0 heterocycles. The number of rotatable bonds is 7. The minimum Gasteiger partial charge on any atom is -0.478 e. The Morgan fingerprint density at radius 3 is 2.03 bits per heavy atom. The van der Waals surface area contributed by atoms with Crippen LogP contribution < -0.4 is 0 Å². The molecule has 0 radical (unpaired) electrons. The number of hydrogen-bond acceptors (Lipinski definition) is 2. The number of aromatic carboxylic acids is 1. The van der Waals surface area contributed by atoms with Crippen LogP contribution in [-0.4, -0.2) is 21.9 Å². The third-order valence-corrected chi connectivity index (χ3v) is 5.11. The Balaban J connectivity index is 1.96. The molecule has 3 rings (SSSR count). The summed E-state index contributed by atoms with van der Waals surface area (Å²) in [6.45, 7) is 2.42. The Hall–Kier alpha value is -3.11. The molecule has 148 valence electrons. The molecule has 0 bridgehead atoms. The standard InChI is InChI=1S/C24H22ClNO3/c1-2-22(18-6-4-3-5-7-18)26(23(27)19-12-14-21(25)15-13-19)16-17-8-10-20(11-9-17)24(28)29/h3-15,22H,2,16H2,1H3,(H,28,29). The summed E-state index contributed by atoms with van der Waals surface area (Å²) in [6.07, 6.45) is 0.747. The van der Waals surface area contributed by atoms with E-state index in [-0.39, 0.29) is 17.5 Å². The minimum absolute atomic E-state index is 0.0975. The maximum Gasteiger partial charge on any atom is 0.335 e. The first-order valence-corrected chi connectivity index (χ1v) is 9.81. The zero-order chi connectivity index (χ0) is 20.8. The molecule has 29 heavy (non-hydrogen) atoms. The van der Waals surface area contributed by atoms with Gasteiger partial charge in [0.2, 0.25) is 0 Å². The van der Waals surface area contributed by atoms with Crippen LogP contribution in [0.1, 0.15) is 51.2 Å². The maximum absolute atomic E-state index is 13.4. The first-order chi connectivity index (χ1) is 14.0. The number of carbonyl (C=O) groups excluding carboxylic acids is 1. The summed E-state index contributed by atoms with van der Waals surface area (Å²) in [6, 6.07) is 23.3. The van der Waals surface area contributed by atoms with Crippen molar-refractivity contribution in [3.63, 3.8) is 0 Å². The van der Waals surface area contributed by atoms with Gasteiger partial charge in [-0.1, -0.05) is 61.0 Å². The second kappa shape index (κ2) is 9.39. The molecule has 1 unspecified atom stereocenters. The van der Waals surface area contributed by atoms with Gasteiger partial charge in [0.1, 0.15) is 0 Å². The largest absolute Gasteiger partial charge is 0.478 e. The lowest BCUT2D eigenvalue weighted by Crippen LogP contribution is -2.34. The highest BCUT2D eigenvalue weighted by atomic mass is 35.5. The van der Waals surface area contributed by atoms with Crippen molar-refractivity contribution in [2.75, 3.05) is 0 Å². The fraction of sp³-hybridized carbons (Fsp3) is 0.167. The molecule has 0 saturated carbocycles. The van der Waals surface area contributed by atoms with Gasteiger partial charge in [0.15, 0.2) is 0 Å². The first-order valence-electron chi connectivity index (χ1n) is 9.43. The summed E-state index contributed by atoms with van der Waals surface area (Å²) >= 11 is 5.98. The lowest BCUT2D eigenvalue weighted by molar-refractivity contribution is 0.0649. The predicted molar refractivity (Wildman–Crippen MR) is 114 cm³/mol. The fourth-order valence-corrected chi connectivity index (χ4v) is 3.47. The molecule has 3 aromatic rings. The van der Waals surface area contributed by atoms with E-state index in [0.717, 1.165) is 17.5 Å². The lowest BCUT2D eigenvalue weighted by Gasteiger charge is -2.32. The smallest absolute Gasteiger partial charge is 0.335 e. The second-order valence-corrected chi connectivity index (χ2v) is 7.21. The summed E-state index contributed by atoms with van der Waals surface area (Å²) in [4.78, 5) is 26.3. The molecule has 0 aromatic heterocycles. The van der Waals surface area contributed by atoms with Gasteiger partial charge in [-0.05, 0) is 53.9 Å². The highest BCUT2D eigenvalue weighted by Gasteiger charge is 2.25. The average Bonchev–Trinajstić information content (AvgIpc) is 2.75. The van der Waals surface area contributed by atoms with E-state index in [0.29, 0.717) is 17.1 Å². The second-order valence-electron chi connectivity index (χ2n) is 6.78. The van der Waals surface area contributed by atoms with Gasteiger partial charge in [-0.3, -0.25) is 4.79 Å². The summed E-state index contributed by atoms with van der Waals surface area (Å²) < 4.78 is 0. The summed E-state index contributed by atoms with van der Waals surface area (Å²) in [5, 5.41) is 9.69. The zero-order valence-corrected chi connectivity index (χ0v) is 16.8. The summed E-state index contributed by atoms with van der Waals surface area (Å²) in [5.41, 5.74) is 2.71. The van der Waals surface area contributed by atoms with Crippen molar-refractivity contribution in [3.05, 3.63) is 106 Å². The number of carboxylic acid groups (broad SMARTS) is 1. The first kappa shape index (κ1) is 20.6. The Morgan fingerprint density at radius 1 is 0.897 bits per heavy atom. The van der Waals surface area contributed by atoms with Crippen molar-refractivity contribution < 1.29 is 14.7 Å². The molecule has 0 saturated heterocycles.